The molecule has 104 valence electrons. The van der Waals surface area contributed by atoms with E-state index in [1.165, 1.54) is 32.1 Å². The average Bonchev–Trinajstić information content (AvgIpc) is 2.39. The maximum Gasteiger partial charge on any atom is 0.282 e. The second-order valence-corrected chi connectivity index (χ2v) is 6.42. The summed E-state index contributed by atoms with van der Waals surface area (Å²) in [6.07, 6.45) is 6.60. The normalized spacial score (nSPS) is 18.0. The Morgan fingerprint density at radius 3 is 2.63 bits per heavy atom. The van der Waals surface area contributed by atoms with E-state index in [2.05, 4.69) is 12.2 Å². The number of nitrogens with one attached hydrogen (secondary N) is 1. The van der Waals surface area contributed by atoms with Gasteiger partial charge < -0.3 is 5.32 Å². The summed E-state index contributed by atoms with van der Waals surface area (Å²) in [5, 5.41) is 14.3. The van der Waals surface area contributed by atoms with Crippen molar-refractivity contribution in [3.05, 3.63) is 31.9 Å². The Morgan fingerprint density at radius 2 is 2.05 bits per heavy atom. The second kappa shape index (κ2) is 6.54. The lowest BCUT2D eigenvalue weighted by Crippen LogP contribution is -2.27. The number of hydrogen-bond donors (Lipinski definition) is 1. The van der Waals surface area contributed by atoms with E-state index in [0.717, 1.165) is 11.6 Å². The van der Waals surface area contributed by atoms with E-state index in [0.29, 0.717) is 9.61 Å². The van der Waals surface area contributed by atoms with Crippen LogP contribution < -0.4 is 5.32 Å². The third-order valence-electron chi connectivity index (χ3n) is 3.90. The number of nitrogens with zero attached hydrogens (tertiary/aromatic N) is 1. The smallest absolute Gasteiger partial charge is 0.282 e. The van der Waals surface area contributed by atoms with Crippen molar-refractivity contribution in [3.63, 3.8) is 0 Å². The molecule has 2 rings (SSSR count). The molecule has 0 spiro atoms. The van der Waals surface area contributed by atoms with Crippen LogP contribution in [0.5, 0.6) is 0 Å². The highest BCUT2D eigenvalue weighted by Gasteiger charge is 2.20. The van der Waals surface area contributed by atoms with Crippen LogP contribution in [-0.4, -0.2) is 11.0 Å². The quantitative estimate of drug-likeness (QED) is 0.477. The number of halogens is 1. The molecule has 4 nitrogen and oxygen atoms in total. The Balaban J connectivity index is 2.02. The third-order valence-corrected chi connectivity index (χ3v) is 4.76. The monoisotopic (exact) mass is 374 g/mol. The largest absolute Gasteiger partial charge is 0.382 e. The highest BCUT2D eigenvalue weighted by Crippen LogP contribution is 2.29. The molecule has 1 unspecified atom stereocenters. The first-order valence-corrected chi connectivity index (χ1v) is 7.86. The number of nitro groups is 1. The van der Waals surface area contributed by atoms with Gasteiger partial charge in [0.25, 0.3) is 5.69 Å². The fourth-order valence-electron chi connectivity index (χ4n) is 2.76. The van der Waals surface area contributed by atoms with Crippen LogP contribution in [-0.2, 0) is 0 Å². The molecule has 1 fully saturated rings. The van der Waals surface area contributed by atoms with Gasteiger partial charge in [0.05, 0.1) is 8.49 Å². The molecular formula is C14H19IN2O2. The van der Waals surface area contributed by atoms with Crippen LogP contribution in [0.4, 0.5) is 11.4 Å². The molecule has 1 aromatic carbocycles. The van der Waals surface area contributed by atoms with Gasteiger partial charge in [0.15, 0.2) is 0 Å². The molecule has 0 radical (unpaired) electrons. The first-order valence-electron chi connectivity index (χ1n) is 6.78. The summed E-state index contributed by atoms with van der Waals surface area (Å²) in [5.74, 6) is 0.724. The summed E-state index contributed by atoms with van der Waals surface area (Å²) in [5.41, 5.74) is 1.16. The predicted octanol–water partition coefficient (Wildman–Crippen LogP) is 4.58. The lowest BCUT2D eigenvalue weighted by atomic mass is 9.84. The minimum absolute atomic E-state index is 0.177. The van der Waals surface area contributed by atoms with Gasteiger partial charge >= 0.3 is 0 Å². The van der Waals surface area contributed by atoms with Gasteiger partial charge in [-0.25, -0.2) is 0 Å². The standard InChI is InChI=1S/C14H19IN2O2/c1-10(11-5-3-2-4-6-11)16-12-7-8-14(17(18)19)13(15)9-12/h7-11,16H,2-6H2,1H3. The van der Waals surface area contributed by atoms with Crippen molar-refractivity contribution in [2.24, 2.45) is 5.92 Å². The van der Waals surface area contributed by atoms with Crippen LogP contribution >= 0.6 is 22.6 Å². The Hall–Kier alpha value is -0.850. The minimum Gasteiger partial charge on any atom is -0.382 e. The number of anilines is 1. The first kappa shape index (κ1) is 14.6. The zero-order valence-corrected chi connectivity index (χ0v) is 13.2. The van der Waals surface area contributed by atoms with Crippen LogP contribution in [0.3, 0.4) is 0 Å². The van der Waals surface area contributed by atoms with Gasteiger partial charge in [-0.1, -0.05) is 19.3 Å². The molecule has 0 aromatic heterocycles. The SMILES string of the molecule is CC(Nc1ccc([N+](=O)[O-])c(I)c1)C1CCCCC1. The Bertz CT molecular complexity index is 459. The topological polar surface area (TPSA) is 55.2 Å². The molecule has 1 saturated carbocycles. The lowest BCUT2D eigenvalue weighted by molar-refractivity contribution is -0.385. The van der Waals surface area contributed by atoms with Gasteiger partial charge in [-0.15, -0.1) is 0 Å². The molecule has 1 N–H and O–H groups in total. The minimum atomic E-state index is -0.337. The number of nitro benzene ring substituents is 1. The van der Waals surface area contributed by atoms with Crippen LogP contribution in [0, 0.1) is 19.6 Å². The number of rotatable bonds is 4. The van der Waals surface area contributed by atoms with Gasteiger partial charge in [0.1, 0.15) is 0 Å². The maximum absolute atomic E-state index is 10.8. The van der Waals surface area contributed by atoms with Crippen molar-refractivity contribution < 1.29 is 4.92 Å². The molecule has 1 aliphatic rings. The zero-order chi connectivity index (χ0) is 13.8. The van der Waals surface area contributed by atoms with Crippen LogP contribution in [0.2, 0.25) is 0 Å². The molecule has 0 aliphatic heterocycles. The van der Waals surface area contributed by atoms with Crippen LogP contribution in [0.15, 0.2) is 18.2 Å². The lowest BCUT2D eigenvalue weighted by Gasteiger charge is -2.29. The van der Waals surface area contributed by atoms with Crippen molar-refractivity contribution in [3.8, 4) is 0 Å². The molecule has 0 saturated heterocycles. The summed E-state index contributed by atoms with van der Waals surface area (Å²) < 4.78 is 0.684. The van der Waals surface area contributed by atoms with E-state index < -0.39 is 0 Å². The van der Waals surface area contributed by atoms with Gasteiger partial charge in [0.2, 0.25) is 0 Å². The predicted molar refractivity (Wildman–Crippen MR) is 85.5 cm³/mol. The maximum atomic E-state index is 10.8. The van der Waals surface area contributed by atoms with Crippen molar-refractivity contribution in [1.29, 1.82) is 0 Å². The van der Waals surface area contributed by atoms with Gasteiger partial charge in [0, 0.05) is 17.8 Å². The van der Waals surface area contributed by atoms with E-state index in [4.69, 9.17) is 0 Å². The summed E-state index contributed by atoms with van der Waals surface area (Å²) in [4.78, 5) is 10.4. The van der Waals surface area contributed by atoms with E-state index in [-0.39, 0.29) is 10.6 Å². The molecule has 19 heavy (non-hydrogen) atoms. The third kappa shape index (κ3) is 3.81. The highest BCUT2D eigenvalue weighted by molar-refractivity contribution is 14.1. The van der Waals surface area contributed by atoms with E-state index in [9.17, 15) is 10.1 Å². The molecule has 0 bridgehead atoms. The van der Waals surface area contributed by atoms with Crippen molar-refractivity contribution in [1.82, 2.24) is 0 Å². The highest BCUT2D eigenvalue weighted by atomic mass is 127. The summed E-state index contributed by atoms with van der Waals surface area (Å²) in [6.45, 7) is 2.21. The number of hydrogen-bond acceptors (Lipinski definition) is 3. The number of benzene rings is 1. The van der Waals surface area contributed by atoms with Crippen molar-refractivity contribution in [2.45, 2.75) is 45.1 Å². The zero-order valence-electron chi connectivity index (χ0n) is 11.1. The van der Waals surface area contributed by atoms with Crippen molar-refractivity contribution >= 4 is 34.0 Å². The van der Waals surface area contributed by atoms with Crippen LogP contribution in [0.25, 0.3) is 0 Å². The summed E-state index contributed by atoms with van der Waals surface area (Å²) >= 11 is 2.02. The van der Waals surface area contributed by atoms with Crippen LogP contribution in [0.1, 0.15) is 39.0 Å². The molecule has 5 heteroatoms. The van der Waals surface area contributed by atoms with Gasteiger partial charge in [-0.05, 0) is 60.4 Å². The summed E-state index contributed by atoms with van der Waals surface area (Å²) in [7, 11) is 0. The second-order valence-electron chi connectivity index (χ2n) is 5.25. The average molecular weight is 374 g/mol. The molecule has 0 heterocycles. The van der Waals surface area contributed by atoms with E-state index in [1.807, 2.05) is 28.7 Å². The molecule has 1 aliphatic carbocycles. The Morgan fingerprint density at radius 1 is 1.37 bits per heavy atom. The van der Waals surface area contributed by atoms with Crippen molar-refractivity contribution in [2.75, 3.05) is 5.32 Å². The van der Waals surface area contributed by atoms with E-state index >= 15 is 0 Å². The molecule has 1 aromatic rings. The fourth-order valence-corrected chi connectivity index (χ4v) is 3.47. The fraction of sp³-hybridized carbons (Fsp3) is 0.571. The Labute approximate surface area is 127 Å². The first-order chi connectivity index (χ1) is 9.08. The van der Waals surface area contributed by atoms with E-state index in [1.54, 1.807) is 12.1 Å². The molecule has 0 amide bonds. The molecular weight excluding hydrogens is 355 g/mol. The Kier molecular flexibility index (Phi) is 5.01. The van der Waals surface area contributed by atoms with Gasteiger partial charge in [-0.3, -0.25) is 10.1 Å². The summed E-state index contributed by atoms with van der Waals surface area (Å²) in [6, 6.07) is 5.67. The van der Waals surface area contributed by atoms with Gasteiger partial charge in [-0.2, -0.15) is 0 Å². The molecule has 1 atom stereocenters.